The van der Waals surface area contributed by atoms with Crippen molar-refractivity contribution >= 4 is 0 Å². The molecule has 1 atom stereocenters. The Morgan fingerprint density at radius 2 is 2.00 bits per heavy atom. The molecule has 19 heavy (non-hydrogen) atoms. The molecule has 0 aliphatic heterocycles. The van der Waals surface area contributed by atoms with Crippen molar-refractivity contribution in [2.75, 3.05) is 6.54 Å². The van der Waals surface area contributed by atoms with Crippen LogP contribution < -0.4 is 10.1 Å². The molecule has 1 aliphatic rings. The number of rotatable bonds is 6. The van der Waals surface area contributed by atoms with E-state index in [4.69, 9.17) is 4.74 Å². The smallest absolute Gasteiger partial charge is 0.120 e. The van der Waals surface area contributed by atoms with Crippen molar-refractivity contribution in [3.05, 3.63) is 29.8 Å². The summed E-state index contributed by atoms with van der Waals surface area (Å²) in [4.78, 5) is 0. The van der Waals surface area contributed by atoms with Crippen molar-refractivity contribution < 1.29 is 4.74 Å². The van der Waals surface area contributed by atoms with E-state index in [2.05, 4.69) is 43.4 Å². The summed E-state index contributed by atoms with van der Waals surface area (Å²) in [6.07, 6.45) is 7.99. The molecule has 0 saturated heterocycles. The average molecular weight is 261 g/mol. The second kappa shape index (κ2) is 7.54. The monoisotopic (exact) mass is 261 g/mol. The van der Waals surface area contributed by atoms with Gasteiger partial charge in [-0.2, -0.15) is 0 Å². The maximum absolute atomic E-state index is 6.14. The van der Waals surface area contributed by atoms with E-state index >= 15 is 0 Å². The molecule has 2 rings (SSSR count). The Hall–Kier alpha value is -1.02. The lowest BCUT2D eigenvalue weighted by Gasteiger charge is -2.24. The minimum Gasteiger partial charge on any atom is -0.490 e. The molecule has 1 aliphatic carbocycles. The highest BCUT2D eigenvalue weighted by Gasteiger charge is 2.15. The van der Waals surface area contributed by atoms with Gasteiger partial charge in [0.1, 0.15) is 5.75 Å². The molecule has 0 aromatic heterocycles. The largest absolute Gasteiger partial charge is 0.490 e. The van der Waals surface area contributed by atoms with Gasteiger partial charge in [-0.15, -0.1) is 0 Å². The SMILES string of the molecule is CCNC(CC)c1cccc(OC2CCCCC2)c1. The molecule has 106 valence electrons. The van der Waals surface area contributed by atoms with Crippen LogP contribution >= 0.6 is 0 Å². The van der Waals surface area contributed by atoms with Crippen LogP contribution in [0.3, 0.4) is 0 Å². The molecule has 2 nitrogen and oxygen atoms in total. The Morgan fingerprint density at radius 1 is 1.21 bits per heavy atom. The molecule has 1 N–H and O–H groups in total. The van der Waals surface area contributed by atoms with Crippen LogP contribution in [0.2, 0.25) is 0 Å². The normalized spacial score (nSPS) is 18.2. The summed E-state index contributed by atoms with van der Waals surface area (Å²) in [5.74, 6) is 1.04. The number of ether oxygens (including phenoxy) is 1. The lowest BCUT2D eigenvalue weighted by atomic mass is 9.97. The van der Waals surface area contributed by atoms with E-state index in [1.807, 2.05) is 0 Å². The van der Waals surface area contributed by atoms with E-state index in [0.717, 1.165) is 18.7 Å². The number of nitrogens with one attached hydrogen (secondary N) is 1. The zero-order chi connectivity index (χ0) is 13.5. The zero-order valence-corrected chi connectivity index (χ0v) is 12.3. The summed E-state index contributed by atoms with van der Waals surface area (Å²) in [6.45, 7) is 5.39. The average Bonchev–Trinajstić information content (AvgIpc) is 2.46. The van der Waals surface area contributed by atoms with E-state index < -0.39 is 0 Å². The van der Waals surface area contributed by atoms with Gasteiger partial charge in [0.25, 0.3) is 0 Å². The van der Waals surface area contributed by atoms with Crippen molar-refractivity contribution in [1.29, 1.82) is 0 Å². The lowest BCUT2D eigenvalue weighted by molar-refractivity contribution is 0.155. The van der Waals surface area contributed by atoms with Crippen molar-refractivity contribution in [3.8, 4) is 5.75 Å². The molecule has 0 spiro atoms. The molecule has 1 saturated carbocycles. The molecule has 1 unspecified atom stereocenters. The summed E-state index contributed by atoms with van der Waals surface area (Å²) in [6, 6.07) is 9.07. The molecule has 1 aromatic rings. The highest BCUT2D eigenvalue weighted by atomic mass is 16.5. The van der Waals surface area contributed by atoms with Crippen LogP contribution in [-0.4, -0.2) is 12.6 Å². The van der Waals surface area contributed by atoms with Crippen molar-refractivity contribution in [2.24, 2.45) is 0 Å². The van der Waals surface area contributed by atoms with Gasteiger partial charge in [0.15, 0.2) is 0 Å². The fraction of sp³-hybridized carbons (Fsp3) is 0.647. The first-order chi connectivity index (χ1) is 9.33. The number of hydrogen-bond donors (Lipinski definition) is 1. The van der Waals surface area contributed by atoms with Crippen LogP contribution in [0.1, 0.15) is 64.0 Å². The minimum absolute atomic E-state index is 0.434. The number of benzene rings is 1. The predicted octanol–water partition coefficient (Wildman–Crippen LogP) is 4.46. The first-order valence-electron chi connectivity index (χ1n) is 7.83. The van der Waals surface area contributed by atoms with E-state index in [9.17, 15) is 0 Å². The summed E-state index contributed by atoms with van der Waals surface area (Å²) in [7, 11) is 0. The summed E-state index contributed by atoms with van der Waals surface area (Å²) in [5.41, 5.74) is 1.35. The Kier molecular flexibility index (Phi) is 5.71. The Labute approximate surface area is 117 Å². The predicted molar refractivity (Wildman–Crippen MR) is 80.7 cm³/mol. The van der Waals surface area contributed by atoms with Gasteiger partial charge in [0, 0.05) is 6.04 Å². The first-order valence-corrected chi connectivity index (χ1v) is 7.83. The van der Waals surface area contributed by atoms with Gasteiger partial charge in [-0.1, -0.05) is 32.4 Å². The first kappa shape index (κ1) is 14.4. The van der Waals surface area contributed by atoms with Crippen molar-refractivity contribution in [3.63, 3.8) is 0 Å². The molecule has 1 aromatic carbocycles. The van der Waals surface area contributed by atoms with Gasteiger partial charge < -0.3 is 10.1 Å². The van der Waals surface area contributed by atoms with Crippen molar-refractivity contribution in [1.82, 2.24) is 5.32 Å². The molecule has 1 fully saturated rings. The van der Waals surface area contributed by atoms with Gasteiger partial charge in [0.2, 0.25) is 0 Å². The maximum atomic E-state index is 6.14. The van der Waals surface area contributed by atoms with Crippen LogP contribution in [-0.2, 0) is 0 Å². The second-order valence-electron chi connectivity index (χ2n) is 5.47. The highest BCUT2D eigenvalue weighted by Crippen LogP contribution is 2.26. The van der Waals surface area contributed by atoms with E-state index in [1.165, 1.54) is 37.7 Å². The van der Waals surface area contributed by atoms with Gasteiger partial charge >= 0.3 is 0 Å². The van der Waals surface area contributed by atoms with Crippen LogP contribution in [0, 0.1) is 0 Å². The van der Waals surface area contributed by atoms with Crippen LogP contribution in [0.25, 0.3) is 0 Å². The molecule has 0 amide bonds. The Morgan fingerprint density at radius 3 is 2.68 bits per heavy atom. The van der Waals surface area contributed by atoms with Gasteiger partial charge in [0.05, 0.1) is 6.10 Å². The van der Waals surface area contributed by atoms with Gasteiger partial charge in [-0.25, -0.2) is 0 Å². The van der Waals surface area contributed by atoms with Crippen molar-refractivity contribution in [2.45, 2.75) is 64.5 Å². The fourth-order valence-corrected chi connectivity index (χ4v) is 2.92. The van der Waals surface area contributed by atoms with Gasteiger partial charge in [-0.05, 0) is 56.3 Å². The van der Waals surface area contributed by atoms with E-state index in [-0.39, 0.29) is 0 Å². The second-order valence-corrected chi connectivity index (χ2v) is 5.47. The van der Waals surface area contributed by atoms with Crippen LogP contribution in [0.5, 0.6) is 5.75 Å². The van der Waals surface area contributed by atoms with Crippen LogP contribution in [0.4, 0.5) is 0 Å². The third kappa shape index (κ3) is 4.24. The third-order valence-electron chi connectivity index (χ3n) is 3.97. The quantitative estimate of drug-likeness (QED) is 0.816. The van der Waals surface area contributed by atoms with Gasteiger partial charge in [-0.3, -0.25) is 0 Å². The lowest BCUT2D eigenvalue weighted by Crippen LogP contribution is -2.21. The van der Waals surface area contributed by atoms with E-state index in [0.29, 0.717) is 12.1 Å². The molecule has 0 radical (unpaired) electrons. The van der Waals surface area contributed by atoms with Crippen LogP contribution in [0.15, 0.2) is 24.3 Å². The Balaban J connectivity index is 2.01. The fourth-order valence-electron chi connectivity index (χ4n) is 2.92. The molecule has 0 heterocycles. The zero-order valence-electron chi connectivity index (χ0n) is 12.3. The Bertz CT molecular complexity index is 371. The molecular weight excluding hydrogens is 234 g/mol. The van der Waals surface area contributed by atoms with E-state index in [1.54, 1.807) is 0 Å². The maximum Gasteiger partial charge on any atom is 0.120 e. The summed E-state index contributed by atoms with van der Waals surface area (Å²) < 4.78 is 6.14. The topological polar surface area (TPSA) is 21.3 Å². The summed E-state index contributed by atoms with van der Waals surface area (Å²) >= 11 is 0. The molecular formula is C17H27NO. The summed E-state index contributed by atoms with van der Waals surface area (Å²) in [5, 5.41) is 3.52. The third-order valence-corrected chi connectivity index (χ3v) is 3.97. The molecule has 2 heteroatoms. The molecule has 0 bridgehead atoms. The standard InChI is InChI=1S/C17H27NO/c1-3-17(18-4-2)14-9-8-12-16(13-14)19-15-10-6-5-7-11-15/h8-9,12-13,15,17-18H,3-7,10-11H2,1-2H3. The minimum atomic E-state index is 0.434. The number of hydrogen-bond acceptors (Lipinski definition) is 2. The highest BCUT2D eigenvalue weighted by molar-refractivity contribution is 5.30.